The van der Waals surface area contributed by atoms with Gasteiger partial charge in [0.1, 0.15) is 11.7 Å². The lowest BCUT2D eigenvalue weighted by molar-refractivity contribution is -0.149. The molecule has 1 N–H and O–H groups in total. The monoisotopic (exact) mass is 198 g/mol. The molecule has 0 saturated carbocycles. The molecule has 0 bridgehead atoms. The van der Waals surface area contributed by atoms with Crippen LogP contribution in [0.4, 0.5) is 0 Å². The third-order valence-corrected chi connectivity index (χ3v) is 2.26. The predicted octanol–water partition coefficient (Wildman–Crippen LogP) is 1.22. The van der Waals surface area contributed by atoms with E-state index in [0.29, 0.717) is 0 Å². The second kappa shape index (κ2) is 4.26. The van der Waals surface area contributed by atoms with Crippen molar-refractivity contribution in [3.8, 4) is 0 Å². The largest absolute Gasteiger partial charge is 0.511 e. The quantitative estimate of drug-likeness (QED) is 0.677. The first-order valence-corrected chi connectivity index (χ1v) is 4.66. The van der Waals surface area contributed by atoms with Crippen molar-refractivity contribution in [3.63, 3.8) is 0 Å². The maximum absolute atomic E-state index is 11.4. The lowest BCUT2D eigenvalue weighted by Crippen LogP contribution is -2.31. The summed E-state index contributed by atoms with van der Waals surface area (Å²) < 4.78 is 4.81. The van der Waals surface area contributed by atoms with Crippen molar-refractivity contribution in [3.05, 3.63) is 11.8 Å². The fraction of sp³-hybridized carbons (Fsp3) is 0.600. The Balaban J connectivity index is 2.81. The van der Waals surface area contributed by atoms with Crippen LogP contribution in [0.2, 0.25) is 0 Å². The van der Waals surface area contributed by atoms with Gasteiger partial charge >= 0.3 is 5.97 Å². The fourth-order valence-corrected chi connectivity index (χ4v) is 1.63. The van der Waals surface area contributed by atoms with Gasteiger partial charge < -0.3 is 9.84 Å². The molecule has 4 heteroatoms. The molecule has 0 aliphatic heterocycles. The van der Waals surface area contributed by atoms with E-state index in [1.807, 2.05) is 0 Å². The molecule has 14 heavy (non-hydrogen) atoms. The van der Waals surface area contributed by atoms with Crippen molar-refractivity contribution in [2.75, 3.05) is 6.61 Å². The maximum atomic E-state index is 11.4. The molecule has 0 aromatic carbocycles. The fourth-order valence-electron chi connectivity index (χ4n) is 1.63. The zero-order valence-electron chi connectivity index (χ0n) is 8.32. The van der Waals surface area contributed by atoms with Gasteiger partial charge in [-0.1, -0.05) is 6.92 Å². The normalized spacial score (nSPS) is 27.0. The predicted molar refractivity (Wildman–Crippen MR) is 49.6 cm³/mol. The lowest BCUT2D eigenvalue weighted by Gasteiger charge is -2.24. The molecule has 2 atom stereocenters. The van der Waals surface area contributed by atoms with Crippen LogP contribution < -0.4 is 0 Å². The Morgan fingerprint density at radius 2 is 2.36 bits per heavy atom. The summed E-state index contributed by atoms with van der Waals surface area (Å²) in [5.74, 6) is -1.64. The molecule has 0 spiro atoms. The van der Waals surface area contributed by atoms with E-state index < -0.39 is 11.9 Å². The van der Waals surface area contributed by atoms with Gasteiger partial charge in [0.05, 0.1) is 6.61 Å². The summed E-state index contributed by atoms with van der Waals surface area (Å²) in [5, 5.41) is 9.45. The standard InChI is InChI=1S/C10H14O4/c1-3-14-10(13)9-6(2)4-7(11)5-8(9)12/h5-6,9,12H,3-4H2,1-2H3/t6-,9-/m0/s1. The van der Waals surface area contributed by atoms with Gasteiger partial charge in [0, 0.05) is 12.5 Å². The number of rotatable bonds is 2. The number of esters is 1. The van der Waals surface area contributed by atoms with Crippen molar-refractivity contribution < 1.29 is 19.4 Å². The summed E-state index contributed by atoms with van der Waals surface area (Å²) in [6.45, 7) is 3.74. The molecule has 78 valence electrons. The number of carbonyl (C=O) groups excluding carboxylic acids is 2. The Morgan fingerprint density at radius 1 is 1.71 bits per heavy atom. The van der Waals surface area contributed by atoms with Crippen LogP contribution in [0, 0.1) is 11.8 Å². The van der Waals surface area contributed by atoms with E-state index in [2.05, 4.69) is 0 Å². The molecule has 0 saturated heterocycles. The number of ether oxygens (including phenoxy) is 1. The molecule has 1 rings (SSSR count). The van der Waals surface area contributed by atoms with E-state index >= 15 is 0 Å². The van der Waals surface area contributed by atoms with E-state index in [-0.39, 0.29) is 30.5 Å². The summed E-state index contributed by atoms with van der Waals surface area (Å²) >= 11 is 0. The minimum absolute atomic E-state index is 0.143. The van der Waals surface area contributed by atoms with Crippen LogP contribution in [0.3, 0.4) is 0 Å². The third kappa shape index (κ3) is 2.13. The van der Waals surface area contributed by atoms with Gasteiger partial charge in [-0.3, -0.25) is 9.59 Å². The van der Waals surface area contributed by atoms with Gasteiger partial charge in [-0.25, -0.2) is 0 Å². The molecule has 1 aliphatic carbocycles. The molecular weight excluding hydrogens is 184 g/mol. The molecule has 0 aromatic rings. The third-order valence-electron chi connectivity index (χ3n) is 2.26. The number of carbonyl (C=O) groups is 2. The lowest BCUT2D eigenvalue weighted by atomic mass is 9.83. The average Bonchev–Trinajstić information content (AvgIpc) is 2.01. The van der Waals surface area contributed by atoms with E-state index in [1.54, 1.807) is 13.8 Å². The summed E-state index contributed by atoms with van der Waals surface area (Å²) in [6.07, 6.45) is 1.40. The number of hydrogen-bond acceptors (Lipinski definition) is 4. The smallest absolute Gasteiger partial charge is 0.316 e. The van der Waals surface area contributed by atoms with Gasteiger partial charge in [-0.05, 0) is 12.8 Å². The summed E-state index contributed by atoms with van der Waals surface area (Å²) in [7, 11) is 0. The number of aliphatic hydroxyl groups is 1. The molecule has 0 fully saturated rings. The van der Waals surface area contributed by atoms with Crippen LogP contribution >= 0.6 is 0 Å². The Kier molecular flexibility index (Phi) is 3.28. The highest BCUT2D eigenvalue weighted by atomic mass is 16.5. The molecule has 0 amide bonds. The van der Waals surface area contributed by atoms with Gasteiger partial charge in [-0.15, -0.1) is 0 Å². The highest BCUT2D eigenvalue weighted by molar-refractivity contribution is 5.93. The molecule has 0 aromatic heterocycles. The molecule has 0 unspecified atom stereocenters. The highest BCUT2D eigenvalue weighted by Crippen LogP contribution is 2.28. The Labute approximate surface area is 82.6 Å². The van der Waals surface area contributed by atoms with Crippen molar-refractivity contribution in [2.45, 2.75) is 20.3 Å². The molecule has 1 aliphatic rings. The second-order valence-corrected chi connectivity index (χ2v) is 3.45. The molecule has 0 heterocycles. The number of allylic oxidation sites excluding steroid dienone is 1. The van der Waals surface area contributed by atoms with E-state index in [4.69, 9.17) is 4.74 Å². The maximum Gasteiger partial charge on any atom is 0.316 e. The number of aliphatic hydroxyl groups excluding tert-OH is 1. The first-order chi connectivity index (χ1) is 6.56. The van der Waals surface area contributed by atoms with Crippen molar-refractivity contribution >= 4 is 11.8 Å². The van der Waals surface area contributed by atoms with Crippen LogP contribution in [0.5, 0.6) is 0 Å². The van der Waals surface area contributed by atoms with Crippen LogP contribution in [-0.2, 0) is 14.3 Å². The first kappa shape index (κ1) is 10.8. The summed E-state index contributed by atoms with van der Waals surface area (Å²) in [4.78, 5) is 22.4. The highest BCUT2D eigenvalue weighted by Gasteiger charge is 2.34. The van der Waals surface area contributed by atoms with E-state index in [0.717, 1.165) is 6.08 Å². The van der Waals surface area contributed by atoms with Crippen LogP contribution in [-0.4, -0.2) is 23.5 Å². The molecule has 4 nitrogen and oxygen atoms in total. The van der Waals surface area contributed by atoms with Gasteiger partial charge in [0.15, 0.2) is 5.78 Å². The van der Waals surface area contributed by atoms with Crippen molar-refractivity contribution in [1.82, 2.24) is 0 Å². The van der Waals surface area contributed by atoms with Crippen LogP contribution in [0.25, 0.3) is 0 Å². The molecular formula is C10H14O4. The van der Waals surface area contributed by atoms with Crippen LogP contribution in [0.15, 0.2) is 11.8 Å². The number of hydrogen-bond donors (Lipinski definition) is 1. The Hall–Kier alpha value is -1.32. The van der Waals surface area contributed by atoms with Crippen molar-refractivity contribution in [2.24, 2.45) is 11.8 Å². The van der Waals surface area contributed by atoms with Crippen molar-refractivity contribution in [1.29, 1.82) is 0 Å². The second-order valence-electron chi connectivity index (χ2n) is 3.45. The van der Waals surface area contributed by atoms with Gasteiger partial charge in [0.2, 0.25) is 0 Å². The summed E-state index contributed by atoms with van der Waals surface area (Å²) in [5.41, 5.74) is 0. The minimum Gasteiger partial charge on any atom is -0.511 e. The van der Waals surface area contributed by atoms with Gasteiger partial charge in [-0.2, -0.15) is 0 Å². The molecule has 0 radical (unpaired) electrons. The average molecular weight is 198 g/mol. The SMILES string of the molecule is CCOC(=O)[C@@H]1C(O)=CC(=O)C[C@@H]1C. The zero-order valence-corrected chi connectivity index (χ0v) is 8.32. The Morgan fingerprint density at radius 3 is 2.86 bits per heavy atom. The first-order valence-electron chi connectivity index (χ1n) is 4.66. The zero-order chi connectivity index (χ0) is 10.7. The van der Waals surface area contributed by atoms with Gasteiger partial charge in [0.25, 0.3) is 0 Å². The number of ketones is 1. The topological polar surface area (TPSA) is 63.6 Å². The Bertz CT molecular complexity index is 280. The van der Waals surface area contributed by atoms with E-state index in [1.165, 1.54) is 0 Å². The summed E-state index contributed by atoms with van der Waals surface area (Å²) in [6, 6.07) is 0. The minimum atomic E-state index is -0.673. The van der Waals surface area contributed by atoms with E-state index in [9.17, 15) is 14.7 Å². The van der Waals surface area contributed by atoms with Crippen LogP contribution in [0.1, 0.15) is 20.3 Å².